The first-order valence-corrected chi connectivity index (χ1v) is 21.8. The molecule has 342 valence electrons. The molecule has 12 atom stereocenters. The van der Waals surface area contributed by atoms with Crippen molar-refractivity contribution in [2.45, 2.75) is 177 Å². The summed E-state index contributed by atoms with van der Waals surface area (Å²) in [5, 5.41) is 86.1. The molecule has 2 fully saturated rings. The number of ether oxygens (including phenoxy) is 4. The van der Waals surface area contributed by atoms with Crippen LogP contribution in [-0.4, -0.2) is 140 Å². The Morgan fingerprint density at radius 1 is 0.617 bits per heavy atom. The molecule has 60 heavy (non-hydrogen) atoms. The fourth-order valence-corrected chi connectivity index (χ4v) is 6.49. The first-order chi connectivity index (χ1) is 29.1. The highest BCUT2D eigenvalue weighted by Gasteiger charge is 2.50. The summed E-state index contributed by atoms with van der Waals surface area (Å²) in [5.41, 5.74) is 0. The van der Waals surface area contributed by atoms with E-state index in [1.165, 1.54) is 0 Å². The zero-order valence-electron chi connectivity index (χ0n) is 35.7. The molecule has 0 aliphatic carbocycles. The van der Waals surface area contributed by atoms with E-state index >= 15 is 0 Å². The third kappa shape index (κ3) is 20.8. The molecule has 2 heterocycles. The number of allylic oxidation sites excluding steroid dienone is 13. The van der Waals surface area contributed by atoms with Crippen molar-refractivity contribution in [3.63, 3.8) is 0 Å². The van der Waals surface area contributed by atoms with Crippen LogP contribution >= 0.6 is 0 Å². The SMILES string of the molecule is CC/C=C\C/C=C\C/C=C\C/C=C\C/C=C\C/C=C\CCC(=O)NC(COC1OC(CO)C(OC2OC(CO)C(O)C(O)C2O)C(O)C1O)C(O)/C=C/CCCCCCC. The number of amides is 1. The van der Waals surface area contributed by atoms with Crippen molar-refractivity contribution >= 4 is 5.91 Å². The number of nitrogens with one attached hydrogen (secondary N) is 1. The van der Waals surface area contributed by atoms with Crippen LogP contribution in [0.5, 0.6) is 0 Å². The van der Waals surface area contributed by atoms with Gasteiger partial charge in [0, 0.05) is 6.42 Å². The first kappa shape index (κ1) is 53.3. The quantitative estimate of drug-likeness (QED) is 0.0370. The Balaban J connectivity index is 1.89. The van der Waals surface area contributed by atoms with Crippen molar-refractivity contribution in [2.24, 2.45) is 0 Å². The van der Waals surface area contributed by atoms with Gasteiger partial charge in [-0.1, -0.05) is 125 Å². The van der Waals surface area contributed by atoms with Crippen molar-refractivity contribution in [3.05, 3.63) is 85.1 Å². The number of unbranched alkanes of at least 4 members (excludes halogenated alkanes) is 5. The lowest BCUT2D eigenvalue weighted by molar-refractivity contribution is -0.359. The molecule has 2 rings (SSSR count). The molecule has 12 unspecified atom stereocenters. The maximum absolute atomic E-state index is 13.0. The van der Waals surface area contributed by atoms with E-state index in [4.69, 9.17) is 18.9 Å². The van der Waals surface area contributed by atoms with E-state index in [0.717, 1.165) is 77.0 Å². The van der Waals surface area contributed by atoms with Crippen LogP contribution in [0.4, 0.5) is 0 Å². The van der Waals surface area contributed by atoms with Crippen molar-refractivity contribution in [1.29, 1.82) is 0 Å². The normalized spacial score (nSPS) is 29.1. The zero-order valence-corrected chi connectivity index (χ0v) is 35.7. The third-order valence-corrected chi connectivity index (χ3v) is 10.1. The van der Waals surface area contributed by atoms with Crippen LogP contribution in [0.1, 0.15) is 104 Å². The second-order valence-electron chi connectivity index (χ2n) is 15.1. The minimum Gasteiger partial charge on any atom is -0.394 e. The van der Waals surface area contributed by atoms with Gasteiger partial charge in [-0.15, -0.1) is 0 Å². The Morgan fingerprint density at radius 3 is 1.72 bits per heavy atom. The van der Waals surface area contributed by atoms with Crippen molar-refractivity contribution in [3.8, 4) is 0 Å². The maximum atomic E-state index is 13.0. The highest BCUT2D eigenvalue weighted by atomic mass is 16.7. The van der Waals surface area contributed by atoms with Gasteiger partial charge >= 0.3 is 0 Å². The lowest BCUT2D eigenvalue weighted by Gasteiger charge is -2.46. The minimum absolute atomic E-state index is 0.150. The first-order valence-electron chi connectivity index (χ1n) is 21.8. The summed E-state index contributed by atoms with van der Waals surface area (Å²) in [6, 6.07) is -0.956. The number of carbonyl (C=O) groups is 1. The van der Waals surface area contributed by atoms with Gasteiger partial charge in [-0.25, -0.2) is 0 Å². The second kappa shape index (κ2) is 32.8. The van der Waals surface area contributed by atoms with Crippen LogP contribution in [0, 0.1) is 0 Å². The molecule has 14 heteroatoms. The van der Waals surface area contributed by atoms with Gasteiger partial charge in [0.25, 0.3) is 0 Å². The fraction of sp³-hybridized carbons (Fsp3) is 0.674. The van der Waals surface area contributed by atoms with E-state index in [0.29, 0.717) is 6.42 Å². The van der Waals surface area contributed by atoms with Crippen LogP contribution in [-0.2, 0) is 23.7 Å². The van der Waals surface area contributed by atoms with Crippen LogP contribution < -0.4 is 5.32 Å². The monoisotopic (exact) mass is 850 g/mol. The predicted molar refractivity (Wildman–Crippen MR) is 230 cm³/mol. The molecule has 0 aromatic heterocycles. The van der Waals surface area contributed by atoms with Crippen LogP contribution in [0.2, 0.25) is 0 Å². The largest absolute Gasteiger partial charge is 0.394 e. The Kier molecular flexibility index (Phi) is 29.2. The molecule has 0 aromatic carbocycles. The number of rotatable bonds is 30. The van der Waals surface area contributed by atoms with E-state index in [-0.39, 0.29) is 18.9 Å². The van der Waals surface area contributed by atoms with E-state index in [1.54, 1.807) is 6.08 Å². The van der Waals surface area contributed by atoms with Gasteiger partial charge in [0.2, 0.25) is 5.91 Å². The van der Waals surface area contributed by atoms with Gasteiger partial charge in [-0.05, 0) is 57.8 Å². The van der Waals surface area contributed by atoms with Gasteiger partial charge in [0.1, 0.15) is 48.8 Å². The Labute approximate surface area is 357 Å². The Morgan fingerprint density at radius 2 is 1.15 bits per heavy atom. The number of aliphatic hydroxyl groups excluding tert-OH is 8. The second-order valence-corrected chi connectivity index (χ2v) is 15.1. The van der Waals surface area contributed by atoms with Gasteiger partial charge < -0.3 is 65.1 Å². The van der Waals surface area contributed by atoms with E-state index in [2.05, 4.69) is 79.9 Å². The van der Waals surface area contributed by atoms with Crippen LogP contribution in [0.3, 0.4) is 0 Å². The topological polar surface area (TPSA) is 228 Å². The van der Waals surface area contributed by atoms with E-state index in [1.807, 2.05) is 18.2 Å². The highest BCUT2D eigenvalue weighted by Crippen LogP contribution is 2.29. The standard InChI is InChI=1S/C46H75NO13/c1-3-5-7-9-11-12-13-14-15-16-17-18-19-20-21-22-24-26-28-30-38(51)47-34(35(50)29-27-25-23-10-8-6-4-2)33-57-45-43(56)41(54)44(37(32-49)59-45)60-46-42(55)40(53)39(52)36(31-48)58-46/h5,7,11-12,14-15,17-18,20-21,24,26-27,29,34-37,39-46,48-50,52-56H,3-4,6,8-10,13,16,19,22-23,25,28,30-33H2,1-2H3,(H,47,51)/b7-5-,12-11-,15-14-,18-17-,21-20-,26-24-,29-27+. The summed E-state index contributed by atoms with van der Waals surface area (Å²) < 4.78 is 22.5. The summed E-state index contributed by atoms with van der Waals surface area (Å²) in [4.78, 5) is 13.0. The van der Waals surface area contributed by atoms with Gasteiger partial charge in [-0.3, -0.25) is 4.79 Å². The molecule has 2 aliphatic rings. The zero-order chi connectivity index (χ0) is 44.0. The molecule has 2 saturated heterocycles. The lowest BCUT2D eigenvalue weighted by Crippen LogP contribution is -2.65. The van der Waals surface area contributed by atoms with E-state index in [9.17, 15) is 45.6 Å². The minimum atomic E-state index is -1.80. The van der Waals surface area contributed by atoms with Gasteiger partial charge in [-0.2, -0.15) is 0 Å². The molecule has 0 saturated carbocycles. The van der Waals surface area contributed by atoms with Gasteiger partial charge in [0.15, 0.2) is 12.6 Å². The van der Waals surface area contributed by atoms with E-state index < -0.39 is 86.8 Å². The molecule has 0 aromatic rings. The highest BCUT2D eigenvalue weighted by molar-refractivity contribution is 5.76. The van der Waals surface area contributed by atoms with Crippen LogP contribution in [0.25, 0.3) is 0 Å². The van der Waals surface area contributed by atoms with Crippen molar-refractivity contribution < 1.29 is 64.6 Å². The summed E-state index contributed by atoms with van der Waals surface area (Å²) >= 11 is 0. The predicted octanol–water partition coefficient (Wildman–Crippen LogP) is 3.87. The lowest BCUT2D eigenvalue weighted by atomic mass is 9.97. The number of carbonyl (C=O) groups excluding carboxylic acids is 1. The van der Waals surface area contributed by atoms with Gasteiger partial charge in [0.05, 0.1) is 32.0 Å². The molecule has 2 aliphatic heterocycles. The van der Waals surface area contributed by atoms with Crippen LogP contribution in [0.15, 0.2) is 85.1 Å². The molecular weight excluding hydrogens is 774 g/mol. The summed E-state index contributed by atoms with van der Waals surface area (Å²) in [5.74, 6) is -0.332. The molecule has 0 bridgehead atoms. The smallest absolute Gasteiger partial charge is 0.220 e. The summed E-state index contributed by atoms with van der Waals surface area (Å²) in [7, 11) is 0. The molecule has 9 N–H and O–H groups in total. The number of aliphatic hydroxyl groups is 8. The fourth-order valence-electron chi connectivity index (χ4n) is 6.49. The van der Waals surface area contributed by atoms with Crippen molar-refractivity contribution in [2.75, 3.05) is 19.8 Å². The maximum Gasteiger partial charge on any atom is 0.220 e. The molecular formula is C46H75NO13. The Hall–Kier alpha value is -2.83. The molecule has 14 nitrogen and oxygen atoms in total. The van der Waals surface area contributed by atoms with Crippen molar-refractivity contribution in [1.82, 2.24) is 5.32 Å². The molecule has 1 amide bonds. The summed E-state index contributed by atoms with van der Waals surface area (Å²) in [6.07, 6.45) is 23.9. The molecule has 0 radical (unpaired) electrons. The number of hydrogen-bond donors (Lipinski definition) is 9. The summed E-state index contributed by atoms with van der Waals surface area (Å²) in [6.45, 7) is 2.50. The Bertz CT molecular complexity index is 1330. The molecule has 0 spiro atoms. The average molecular weight is 850 g/mol. The third-order valence-electron chi connectivity index (χ3n) is 10.1. The average Bonchev–Trinajstić information content (AvgIpc) is 3.24. The number of hydrogen-bond acceptors (Lipinski definition) is 13.